The Bertz CT molecular complexity index is 1200. The number of aromatic nitrogens is 2. The second-order valence-corrected chi connectivity index (χ2v) is 8.17. The van der Waals surface area contributed by atoms with E-state index >= 15 is 0 Å². The van der Waals surface area contributed by atoms with E-state index in [-0.39, 0.29) is 34.5 Å². The number of carbonyl (C=O) groups is 2. The van der Waals surface area contributed by atoms with Crippen molar-refractivity contribution in [2.24, 2.45) is 0 Å². The molecule has 176 valence electrons. The molecule has 11 heteroatoms. The van der Waals surface area contributed by atoms with Gasteiger partial charge in [0.2, 0.25) is 5.91 Å². The lowest BCUT2D eigenvalue weighted by Crippen LogP contribution is -2.48. The maximum Gasteiger partial charge on any atom is 0.420 e. The molecule has 0 aliphatic heterocycles. The Balaban J connectivity index is 1.35. The summed E-state index contributed by atoms with van der Waals surface area (Å²) in [6.07, 6.45) is 0.425. The van der Waals surface area contributed by atoms with Crippen LogP contribution in [0.5, 0.6) is 11.5 Å². The minimum Gasteiger partial charge on any atom is -0.457 e. The molecule has 1 fully saturated rings. The average molecular weight is 491 g/mol. The van der Waals surface area contributed by atoms with Gasteiger partial charge in [0.15, 0.2) is 0 Å². The third-order valence-corrected chi connectivity index (χ3v) is 5.45. The van der Waals surface area contributed by atoms with Crippen LogP contribution in [0.4, 0.5) is 13.2 Å². The van der Waals surface area contributed by atoms with Crippen molar-refractivity contribution < 1.29 is 27.5 Å². The van der Waals surface area contributed by atoms with Crippen molar-refractivity contribution in [3.05, 3.63) is 82.9 Å². The van der Waals surface area contributed by atoms with Crippen LogP contribution >= 0.6 is 11.6 Å². The van der Waals surface area contributed by atoms with Crippen LogP contribution < -0.4 is 15.4 Å². The molecule has 7 nitrogen and oxygen atoms in total. The van der Waals surface area contributed by atoms with E-state index in [1.54, 1.807) is 12.1 Å². The molecule has 0 spiro atoms. The maximum atomic E-state index is 13.2. The highest BCUT2D eigenvalue weighted by atomic mass is 35.5. The Morgan fingerprint density at radius 3 is 2.35 bits per heavy atom. The van der Waals surface area contributed by atoms with Gasteiger partial charge in [-0.2, -0.15) is 13.2 Å². The van der Waals surface area contributed by atoms with E-state index in [9.17, 15) is 22.8 Å². The van der Waals surface area contributed by atoms with E-state index in [0.29, 0.717) is 18.4 Å². The zero-order valence-electron chi connectivity index (χ0n) is 17.5. The Morgan fingerprint density at radius 2 is 1.74 bits per heavy atom. The summed E-state index contributed by atoms with van der Waals surface area (Å²) in [6.45, 7) is 0.167. The van der Waals surface area contributed by atoms with Gasteiger partial charge in [0.1, 0.15) is 23.4 Å². The van der Waals surface area contributed by atoms with Crippen LogP contribution in [0.2, 0.25) is 5.02 Å². The molecule has 34 heavy (non-hydrogen) atoms. The van der Waals surface area contributed by atoms with Crippen molar-refractivity contribution in [3.8, 4) is 11.5 Å². The van der Waals surface area contributed by atoms with Crippen molar-refractivity contribution >= 4 is 23.4 Å². The van der Waals surface area contributed by atoms with Gasteiger partial charge in [0.25, 0.3) is 5.91 Å². The average Bonchev–Trinajstić information content (AvgIpc) is 3.60. The molecule has 1 aromatic heterocycles. The molecule has 2 amide bonds. The summed E-state index contributed by atoms with van der Waals surface area (Å²) in [5, 5.41) is 5.45. The predicted molar refractivity (Wildman–Crippen MR) is 116 cm³/mol. The minimum atomic E-state index is -4.62. The number of hydrogen-bond acceptors (Lipinski definition) is 5. The van der Waals surface area contributed by atoms with Crippen LogP contribution in [0, 0.1) is 0 Å². The molecule has 0 unspecified atom stereocenters. The van der Waals surface area contributed by atoms with Gasteiger partial charge < -0.3 is 15.4 Å². The number of amides is 2. The Labute approximate surface area is 197 Å². The molecule has 1 aliphatic carbocycles. The van der Waals surface area contributed by atoms with Gasteiger partial charge in [-0.1, -0.05) is 23.7 Å². The topological polar surface area (TPSA) is 93.2 Å². The fraction of sp³-hybridized carbons (Fsp3) is 0.217. The van der Waals surface area contributed by atoms with Crippen LogP contribution in [-0.2, 0) is 17.5 Å². The first-order chi connectivity index (χ1) is 16.2. The Morgan fingerprint density at radius 1 is 1.06 bits per heavy atom. The summed E-state index contributed by atoms with van der Waals surface area (Å²) in [5.74, 6) is -0.934. The van der Waals surface area contributed by atoms with Gasteiger partial charge in [-0.3, -0.25) is 9.59 Å². The van der Waals surface area contributed by atoms with E-state index in [1.165, 1.54) is 36.9 Å². The van der Waals surface area contributed by atoms with Gasteiger partial charge >= 0.3 is 6.18 Å². The highest BCUT2D eigenvalue weighted by Crippen LogP contribution is 2.39. The summed E-state index contributed by atoms with van der Waals surface area (Å²) in [6, 6.07) is 9.52. The number of nitrogens with zero attached hydrogens (tertiary/aromatic N) is 2. The van der Waals surface area contributed by atoms with Crippen LogP contribution in [0.3, 0.4) is 0 Å². The van der Waals surface area contributed by atoms with Crippen LogP contribution in [0.15, 0.2) is 61.2 Å². The first kappa shape index (κ1) is 23.5. The fourth-order valence-corrected chi connectivity index (χ4v) is 3.38. The van der Waals surface area contributed by atoms with Gasteiger partial charge in [-0.25, -0.2) is 9.97 Å². The molecule has 1 heterocycles. The number of alkyl halides is 3. The highest BCUT2D eigenvalue weighted by molar-refractivity contribution is 6.30. The third-order valence-electron chi connectivity index (χ3n) is 5.21. The van der Waals surface area contributed by atoms with E-state index < -0.39 is 23.2 Å². The number of rotatable bonds is 7. The standard InChI is InChI=1S/C23H18ClF3N4O3/c24-16-3-6-19(18(9-16)23(25,26)27)34-17-4-1-14(2-5-17)10-30-21(33)22(7-8-22)31-20(32)15-11-28-13-29-12-15/h1-6,9,11-13H,7-8,10H2,(H,30,33)(H,31,32). The molecule has 4 rings (SSSR count). The van der Waals surface area contributed by atoms with Crippen molar-refractivity contribution in [3.63, 3.8) is 0 Å². The number of nitrogens with one attached hydrogen (secondary N) is 2. The number of ether oxygens (including phenoxy) is 1. The first-order valence-corrected chi connectivity index (χ1v) is 10.5. The molecular formula is C23H18ClF3N4O3. The Kier molecular flexibility index (Phi) is 6.43. The zero-order chi connectivity index (χ0) is 24.3. The summed E-state index contributed by atoms with van der Waals surface area (Å²) in [5.41, 5.74) is -0.994. The van der Waals surface area contributed by atoms with Gasteiger partial charge in [0, 0.05) is 24.0 Å². The molecule has 0 saturated heterocycles. The van der Waals surface area contributed by atoms with Crippen molar-refractivity contribution in [1.29, 1.82) is 0 Å². The second-order valence-electron chi connectivity index (χ2n) is 7.73. The SMILES string of the molecule is O=C(NC1(C(=O)NCc2ccc(Oc3ccc(Cl)cc3C(F)(F)F)cc2)CC1)c1cncnc1. The third kappa shape index (κ3) is 5.45. The van der Waals surface area contributed by atoms with Crippen molar-refractivity contribution in [1.82, 2.24) is 20.6 Å². The summed E-state index contributed by atoms with van der Waals surface area (Å²) in [7, 11) is 0. The van der Waals surface area contributed by atoms with E-state index in [2.05, 4.69) is 20.6 Å². The van der Waals surface area contributed by atoms with Crippen LogP contribution in [0.25, 0.3) is 0 Å². The summed E-state index contributed by atoms with van der Waals surface area (Å²) in [4.78, 5) is 32.5. The first-order valence-electron chi connectivity index (χ1n) is 10.2. The van der Waals surface area contributed by atoms with Crippen LogP contribution in [0.1, 0.15) is 34.3 Å². The summed E-state index contributed by atoms with van der Waals surface area (Å²) < 4.78 is 45.1. The fourth-order valence-electron chi connectivity index (χ4n) is 3.21. The molecule has 1 saturated carbocycles. The lowest BCUT2D eigenvalue weighted by atomic mass is 10.1. The van der Waals surface area contributed by atoms with E-state index in [4.69, 9.17) is 16.3 Å². The number of carbonyl (C=O) groups excluding carboxylic acids is 2. The van der Waals surface area contributed by atoms with Gasteiger partial charge in [0.05, 0.1) is 11.1 Å². The van der Waals surface area contributed by atoms with E-state index in [1.807, 2.05) is 0 Å². The largest absolute Gasteiger partial charge is 0.457 e. The molecule has 1 aliphatic rings. The van der Waals surface area contributed by atoms with Gasteiger partial charge in [-0.05, 0) is 48.7 Å². The van der Waals surface area contributed by atoms with Gasteiger partial charge in [-0.15, -0.1) is 0 Å². The van der Waals surface area contributed by atoms with Crippen molar-refractivity contribution in [2.45, 2.75) is 31.1 Å². The minimum absolute atomic E-state index is 0.0486. The molecule has 0 atom stereocenters. The quantitative estimate of drug-likeness (QED) is 0.508. The lowest BCUT2D eigenvalue weighted by Gasteiger charge is -2.17. The lowest BCUT2D eigenvalue weighted by molar-refractivity contribution is -0.138. The maximum absolute atomic E-state index is 13.2. The molecule has 0 radical (unpaired) electrons. The number of halogens is 4. The number of benzene rings is 2. The highest BCUT2D eigenvalue weighted by Gasteiger charge is 2.51. The molecule has 0 bridgehead atoms. The molecular weight excluding hydrogens is 473 g/mol. The monoisotopic (exact) mass is 490 g/mol. The summed E-state index contributed by atoms with van der Waals surface area (Å²) >= 11 is 5.68. The Hall–Kier alpha value is -3.66. The van der Waals surface area contributed by atoms with Crippen LogP contribution in [-0.4, -0.2) is 27.3 Å². The van der Waals surface area contributed by atoms with Crippen molar-refractivity contribution in [2.75, 3.05) is 0 Å². The normalized spacial score (nSPS) is 14.2. The molecule has 2 N–H and O–H groups in total. The number of hydrogen-bond donors (Lipinski definition) is 2. The van der Waals surface area contributed by atoms with E-state index in [0.717, 1.165) is 12.1 Å². The predicted octanol–water partition coefficient (Wildman–Crippen LogP) is 4.52. The smallest absolute Gasteiger partial charge is 0.420 e. The second kappa shape index (κ2) is 9.30. The molecule has 2 aromatic carbocycles. The zero-order valence-corrected chi connectivity index (χ0v) is 18.3. The molecule has 3 aromatic rings.